The number of aromatic hydroxyl groups is 1. The number of phenols is 1. The number of phenolic OH excluding ortho intramolecular Hbond substituents is 1. The van der Waals surface area contributed by atoms with Gasteiger partial charge in [-0.05, 0) is 48.2 Å². The average molecular weight is 418 g/mol. The minimum Gasteiger partial charge on any atom is -0.508 e. The number of hydrogen-bond donors (Lipinski definition) is 1. The van der Waals surface area contributed by atoms with E-state index in [4.69, 9.17) is 0 Å². The lowest BCUT2D eigenvalue weighted by Gasteiger charge is -2.21. The van der Waals surface area contributed by atoms with Crippen LogP contribution in [0.15, 0.2) is 34.8 Å². The Kier molecular flexibility index (Phi) is 5.06. The highest BCUT2D eigenvalue weighted by Crippen LogP contribution is 2.34. The Bertz CT molecular complexity index is 768. The quantitative estimate of drug-likeness (QED) is 0.701. The number of fused-ring (bicyclic) bond motifs is 1. The molecule has 0 fully saturated rings. The summed E-state index contributed by atoms with van der Waals surface area (Å²) in [5.74, 6) is -0.648. The van der Waals surface area contributed by atoms with Gasteiger partial charge in [-0.2, -0.15) is 13.2 Å². The summed E-state index contributed by atoms with van der Waals surface area (Å²) in [7, 11) is 0. The van der Waals surface area contributed by atoms with Crippen LogP contribution in [0.25, 0.3) is 0 Å². The molecule has 0 radical (unpaired) electrons. The van der Waals surface area contributed by atoms with Gasteiger partial charge in [0, 0.05) is 29.7 Å². The van der Waals surface area contributed by atoms with E-state index in [2.05, 4.69) is 15.9 Å². The van der Waals surface area contributed by atoms with E-state index in [1.807, 2.05) is 11.0 Å². The van der Waals surface area contributed by atoms with Crippen LogP contribution < -0.4 is 0 Å². The van der Waals surface area contributed by atoms with E-state index < -0.39 is 17.6 Å². The summed E-state index contributed by atoms with van der Waals surface area (Å²) in [6.45, 7) is 1.54. The molecular formula is C18H16BrF4NO. The fourth-order valence-electron chi connectivity index (χ4n) is 3.06. The zero-order chi connectivity index (χ0) is 18.2. The number of rotatable bonds is 2. The lowest BCUT2D eigenvalue weighted by atomic mass is 10.0. The van der Waals surface area contributed by atoms with Gasteiger partial charge in [0.15, 0.2) is 0 Å². The van der Waals surface area contributed by atoms with E-state index in [1.165, 1.54) is 0 Å². The summed E-state index contributed by atoms with van der Waals surface area (Å²) in [5.41, 5.74) is 1.41. The number of halogens is 5. The number of benzene rings is 2. The maximum atomic E-state index is 14.2. The van der Waals surface area contributed by atoms with Gasteiger partial charge in [-0.1, -0.05) is 22.0 Å². The highest BCUT2D eigenvalue weighted by molar-refractivity contribution is 9.10. The lowest BCUT2D eigenvalue weighted by Crippen LogP contribution is -2.26. The molecule has 2 nitrogen and oxygen atoms in total. The molecule has 0 bridgehead atoms. The van der Waals surface area contributed by atoms with Crippen molar-refractivity contribution in [2.75, 3.05) is 13.1 Å². The van der Waals surface area contributed by atoms with E-state index in [9.17, 15) is 22.7 Å². The second-order valence-corrected chi connectivity index (χ2v) is 7.00. The number of alkyl halides is 3. The van der Waals surface area contributed by atoms with E-state index in [1.54, 1.807) is 12.1 Å². The van der Waals surface area contributed by atoms with Crippen LogP contribution >= 0.6 is 15.9 Å². The standard InChI is InChI=1S/C18H16BrF4NO/c19-16-8-13(18(21,22)23)9-17(20)15(16)10-24-5-3-11-1-2-14(25)7-12(11)4-6-24/h1-2,7-9,25H,3-6,10H2. The van der Waals surface area contributed by atoms with Gasteiger partial charge in [-0.3, -0.25) is 4.90 Å². The molecule has 0 spiro atoms. The number of hydrogen-bond acceptors (Lipinski definition) is 2. The normalized spacial score (nSPS) is 15.7. The van der Waals surface area contributed by atoms with Crippen molar-refractivity contribution in [2.24, 2.45) is 0 Å². The third-order valence-electron chi connectivity index (χ3n) is 4.43. The third kappa shape index (κ3) is 4.15. The van der Waals surface area contributed by atoms with E-state index in [0.29, 0.717) is 25.6 Å². The van der Waals surface area contributed by atoms with Crippen LogP contribution in [0.1, 0.15) is 22.3 Å². The molecule has 0 aliphatic carbocycles. The molecule has 25 heavy (non-hydrogen) atoms. The summed E-state index contributed by atoms with van der Waals surface area (Å²) >= 11 is 3.07. The first-order chi connectivity index (χ1) is 11.7. The molecule has 134 valence electrons. The van der Waals surface area contributed by atoms with Crippen LogP contribution in [-0.2, 0) is 25.6 Å². The molecule has 7 heteroatoms. The second-order valence-electron chi connectivity index (χ2n) is 6.15. The Hall–Kier alpha value is -1.60. The van der Waals surface area contributed by atoms with Gasteiger partial charge in [0.05, 0.1) is 5.56 Å². The monoisotopic (exact) mass is 417 g/mol. The molecule has 0 aromatic heterocycles. The highest BCUT2D eigenvalue weighted by Gasteiger charge is 2.32. The van der Waals surface area contributed by atoms with E-state index in [0.717, 1.165) is 23.6 Å². The zero-order valence-electron chi connectivity index (χ0n) is 13.2. The number of nitrogens with zero attached hydrogens (tertiary/aromatic N) is 1. The fourth-order valence-corrected chi connectivity index (χ4v) is 3.62. The van der Waals surface area contributed by atoms with Crippen molar-refractivity contribution >= 4 is 15.9 Å². The minimum absolute atomic E-state index is 0.124. The Balaban J connectivity index is 1.77. The highest BCUT2D eigenvalue weighted by atomic mass is 79.9. The van der Waals surface area contributed by atoms with E-state index in [-0.39, 0.29) is 22.3 Å². The molecule has 1 aliphatic heterocycles. The molecule has 0 saturated heterocycles. The van der Waals surface area contributed by atoms with Gasteiger partial charge >= 0.3 is 6.18 Å². The zero-order valence-corrected chi connectivity index (χ0v) is 14.8. The van der Waals surface area contributed by atoms with Crippen molar-refractivity contribution in [1.29, 1.82) is 0 Å². The Morgan fingerprint density at radius 1 is 1.04 bits per heavy atom. The Labute approximate surface area is 151 Å². The molecule has 0 unspecified atom stereocenters. The Morgan fingerprint density at radius 3 is 2.36 bits per heavy atom. The van der Waals surface area contributed by atoms with Crippen molar-refractivity contribution in [2.45, 2.75) is 25.6 Å². The van der Waals surface area contributed by atoms with E-state index >= 15 is 0 Å². The first-order valence-electron chi connectivity index (χ1n) is 7.82. The van der Waals surface area contributed by atoms with Gasteiger partial charge in [0.1, 0.15) is 11.6 Å². The molecule has 3 rings (SSSR count). The molecule has 0 amide bonds. The summed E-state index contributed by atoms with van der Waals surface area (Å²) in [6.07, 6.45) is -3.13. The van der Waals surface area contributed by atoms with Crippen LogP contribution in [0.3, 0.4) is 0 Å². The van der Waals surface area contributed by atoms with Crippen LogP contribution in [0.4, 0.5) is 17.6 Å². The minimum atomic E-state index is -4.58. The van der Waals surface area contributed by atoms with Crippen molar-refractivity contribution in [3.8, 4) is 5.75 Å². The molecule has 2 aromatic rings. The Morgan fingerprint density at radius 2 is 1.72 bits per heavy atom. The van der Waals surface area contributed by atoms with Gasteiger partial charge in [0.2, 0.25) is 0 Å². The van der Waals surface area contributed by atoms with Crippen LogP contribution in [0.5, 0.6) is 5.75 Å². The first kappa shape index (κ1) is 18.2. The van der Waals surface area contributed by atoms with Gasteiger partial charge < -0.3 is 5.11 Å². The van der Waals surface area contributed by atoms with Gasteiger partial charge in [-0.15, -0.1) is 0 Å². The average Bonchev–Trinajstić information content (AvgIpc) is 2.72. The molecule has 1 aliphatic rings. The third-order valence-corrected chi connectivity index (χ3v) is 5.14. The summed E-state index contributed by atoms with van der Waals surface area (Å²) in [4.78, 5) is 2.01. The lowest BCUT2D eigenvalue weighted by molar-refractivity contribution is -0.137. The maximum Gasteiger partial charge on any atom is 0.416 e. The smallest absolute Gasteiger partial charge is 0.416 e. The second kappa shape index (κ2) is 6.96. The molecular weight excluding hydrogens is 402 g/mol. The van der Waals surface area contributed by atoms with Crippen molar-refractivity contribution < 1.29 is 22.7 Å². The SMILES string of the molecule is Oc1ccc2c(c1)CCN(Cc1c(F)cc(C(F)(F)F)cc1Br)CC2. The molecule has 2 aromatic carbocycles. The van der Waals surface area contributed by atoms with Gasteiger partial charge in [0.25, 0.3) is 0 Å². The van der Waals surface area contributed by atoms with Crippen molar-refractivity contribution in [3.05, 3.63) is 62.9 Å². The predicted octanol–water partition coefficient (Wildman–Crippen LogP) is 4.91. The van der Waals surface area contributed by atoms with Crippen molar-refractivity contribution in [3.63, 3.8) is 0 Å². The van der Waals surface area contributed by atoms with Crippen molar-refractivity contribution in [1.82, 2.24) is 4.90 Å². The maximum absolute atomic E-state index is 14.2. The molecule has 0 atom stereocenters. The summed E-state index contributed by atoms with van der Waals surface area (Å²) < 4.78 is 52.6. The van der Waals surface area contributed by atoms with Gasteiger partial charge in [-0.25, -0.2) is 4.39 Å². The van der Waals surface area contributed by atoms with Crippen LogP contribution in [-0.4, -0.2) is 23.1 Å². The van der Waals surface area contributed by atoms with Crippen LogP contribution in [0, 0.1) is 5.82 Å². The van der Waals surface area contributed by atoms with Crippen LogP contribution in [0.2, 0.25) is 0 Å². The summed E-state index contributed by atoms with van der Waals surface area (Å²) in [6, 6.07) is 6.71. The largest absolute Gasteiger partial charge is 0.508 e. The fraction of sp³-hybridized carbons (Fsp3) is 0.333. The molecule has 1 heterocycles. The topological polar surface area (TPSA) is 23.5 Å². The molecule has 1 N–H and O–H groups in total. The predicted molar refractivity (Wildman–Crippen MR) is 89.9 cm³/mol. The molecule has 0 saturated carbocycles. The first-order valence-corrected chi connectivity index (χ1v) is 8.61. The summed E-state index contributed by atoms with van der Waals surface area (Å²) in [5, 5.41) is 9.58.